The van der Waals surface area contributed by atoms with E-state index >= 15 is 0 Å². The predicted octanol–water partition coefficient (Wildman–Crippen LogP) is 6.49. The molecule has 4 aromatic rings. The van der Waals surface area contributed by atoms with Crippen LogP contribution in [0.5, 0.6) is 0 Å². The summed E-state index contributed by atoms with van der Waals surface area (Å²) in [5, 5.41) is 5.43. The van der Waals surface area contributed by atoms with Crippen LogP contribution in [0.15, 0.2) is 36.5 Å². The van der Waals surface area contributed by atoms with E-state index in [9.17, 15) is 19.2 Å². The maximum Gasteiger partial charge on any atom is 0.407 e. The lowest BCUT2D eigenvalue weighted by Gasteiger charge is -2.31. The molecular formula is C45H54N8O6. The van der Waals surface area contributed by atoms with Crippen LogP contribution in [0.1, 0.15) is 118 Å². The summed E-state index contributed by atoms with van der Waals surface area (Å²) in [6.45, 7) is 8.82. The molecule has 2 aromatic carbocycles. The number of nitrogens with zero attached hydrogens (tertiary/aromatic N) is 4. The van der Waals surface area contributed by atoms with Crippen molar-refractivity contribution in [3.63, 3.8) is 0 Å². The molecule has 0 bridgehead atoms. The van der Waals surface area contributed by atoms with Crippen molar-refractivity contribution in [2.24, 2.45) is 17.8 Å². The maximum atomic E-state index is 13.7. The second kappa shape index (κ2) is 16.4. The van der Waals surface area contributed by atoms with Gasteiger partial charge in [0.2, 0.25) is 11.8 Å². The highest BCUT2D eigenvalue weighted by molar-refractivity contribution is 5.88. The molecule has 2 unspecified atom stereocenters. The number of fused-ring (bicyclic) bond motifs is 4. The number of carbonyl (C=O) groups is 4. The summed E-state index contributed by atoms with van der Waals surface area (Å²) in [4.78, 5) is 71.6. The van der Waals surface area contributed by atoms with Gasteiger partial charge in [-0.05, 0) is 115 Å². The topological polar surface area (TPSA) is 175 Å². The molecule has 0 radical (unpaired) electrons. The molecule has 4 N–H and O–H groups in total. The standard InChI is InChI=1S/C45H54N8O6/c1-24(2)38(50-44(56)58-5)42(54)52-19-7-9-35(52)40-46-23-29(47-40)15-11-26-12-16-30(32-21-27-13-17-31(27)37(26)32)28-14-18-33-34(22-28)49-41(48-33)36-10-8-20-53(36)43(55)39(25(3)4)51-45(57)59-6/h12,14,16,18,22-25,27,31,35-36,38-39H,7-10,13,17,19-21H2,1-6H3,(H,46,47)(H,48,49)(H,50,56)(H,51,57)/t27?,31?,35-,36-,38-,39-/m0/s1. The Bertz CT molecular complexity index is 2340. The molecule has 4 heterocycles. The number of rotatable bonds is 9. The molecule has 14 heteroatoms. The van der Waals surface area contributed by atoms with Gasteiger partial charge in [-0.1, -0.05) is 45.7 Å². The number of hydrogen-bond donors (Lipinski definition) is 4. The number of benzene rings is 2. The molecule has 6 atom stereocenters. The highest BCUT2D eigenvalue weighted by Gasteiger charge is 2.42. The molecular weight excluding hydrogens is 749 g/mol. The molecule has 59 heavy (non-hydrogen) atoms. The van der Waals surface area contributed by atoms with Crippen LogP contribution in [-0.2, 0) is 25.5 Å². The maximum absolute atomic E-state index is 13.7. The Balaban J connectivity index is 1.03. The predicted molar refractivity (Wildman–Crippen MR) is 221 cm³/mol. The summed E-state index contributed by atoms with van der Waals surface area (Å²) in [5.74, 6) is 8.90. The Morgan fingerprint density at radius 2 is 1.44 bits per heavy atom. The minimum Gasteiger partial charge on any atom is -0.453 e. The first-order valence-electron chi connectivity index (χ1n) is 21.0. The van der Waals surface area contributed by atoms with Crippen LogP contribution in [0.25, 0.3) is 22.2 Å². The van der Waals surface area contributed by atoms with Crippen LogP contribution in [0.4, 0.5) is 9.59 Å². The van der Waals surface area contributed by atoms with Gasteiger partial charge in [-0.2, -0.15) is 0 Å². The Morgan fingerprint density at radius 3 is 2.03 bits per heavy atom. The van der Waals surface area contributed by atoms with Crippen molar-refractivity contribution in [3.8, 4) is 23.0 Å². The quantitative estimate of drug-likeness (QED) is 0.139. The molecule has 2 aliphatic heterocycles. The molecule has 14 nitrogen and oxygen atoms in total. The lowest BCUT2D eigenvalue weighted by Crippen LogP contribution is -2.51. The van der Waals surface area contributed by atoms with Gasteiger partial charge in [0.15, 0.2) is 0 Å². The van der Waals surface area contributed by atoms with Crippen molar-refractivity contribution < 1.29 is 28.7 Å². The highest BCUT2D eigenvalue weighted by Crippen LogP contribution is 2.54. The number of imidazole rings is 2. The van der Waals surface area contributed by atoms with E-state index in [0.717, 1.165) is 66.5 Å². The number of H-pyrrole nitrogens is 2. The molecule has 2 aromatic heterocycles. The van der Waals surface area contributed by atoms with Crippen LogP contribution < -0.4 is 10.6 Å². The van der Waals surface area contributed by atoms with E-state index in [4.69, 9.17) is 14.5 Å². The van der Waals surface area contributed by atoms with Crippen molar-refractivity contribution in [2.75, 3.05) is 27.3 Å². The summed E-state index contributed by atoms with van der Waals surface area (Å²) < 4.78 is 9.58. The number of aromatic amines is 2. The van der Waals surface area contributed by atoms with E-state index in [1.165, 1.54) is 37.3 Å². The molecule has 0 spiro atoms. The number of nitrogens with one attached hydrogen (secondary N) is 4. The van der Waals surface area contributed by atoms with E-state index in [1.54, 1.807) is 11.1 Å². The van der Waals surface area contributed by atoms with Gasteiger partial charge in [0, 0.05) is 18.7 Å². The minimum absolute atomic E-state index is 0.108. The van der Waals surface area contributed by atoms with Crippen LogP contribution in [0.3, 0.4) is 0 Å². The third kappa shape index (κ3) is 7.63. The first-order valence-corrected chi connectivity index (χ1v) is 21.0. The lowest BCUT2D eigenvalue weighted by atomic mass is 9.73. The number of alkyl carbamates (subject to hydrolysis) is 2. The molecule has 8 rings (SSSR count). The second-order valence-corrected chi connectivity index (χ2v) is 17.1. The van der Waals surface area contributed by atoms with Crippen LogP contribution >= 0.6 is 0 Å². The van der Waals surface area contributed by atoms with Gasteiger partial charge in [-0.25, -0.2) is 19.6 Å². The first kappa shape index (κ1) is 40.0. The third-order valence-electron chi connectivity index (χ3n) is 12.8. The molecule has 310 valence electrons. The Hall–Kier alpha value is -5.84. The smallest absolute Gasteiger partial charge is 0.407 e. The monoisotopic (exact) mass is 802 g/mol. The van der Waals surface area contributed by atoms with Gasteiger partial charge in [-0.3, -0.25) is 9.59 Å². The van der Waals surface area contributed by atoms with Crippen molar-refractivity contribution in [1.82, 2.24) is 40.4 Å². The summed E-state index contributed by atoms with van der Waals surface area (Å²) in [6, 6.07) is 8.87. The SMILES string of the molecule is COC(=O)N[C@H](C(=O)N1CCC[C@H]1c1ncc(C#Cc2ccc(-c3ccc4nc([C@@H]5CCCN5C(=O)[C@@H](NC(=O)OC)C(C)C)[nH]c4c3)c3c2C2CCC2C3)[nH]1)C(C)C. The fourth-order valence-corrected chi connectivity index (χ4v) is 9.59. The molecule has 1 saturated carbocycles. The zero-order chi connectivity index (χ0) is 41.5. The summed E-state index contributed by atoms with van der Waals surface area (Å²) >= 11 is 0. The van der Waals surface area contributed by atoms with Crippen LogP contribution in [0.2, 0.25) is 0 Å². The molecule has 4 amide bonds. The van der Waals surface area contributed by atoms with Gasteiger partial charge in [0.1, 0.15) is 29.4 Å². The van der Waals surface area contributed by atoms with E-state index in [-0.39, 0.29) is 35.7 Å². The molecule has 4 aliphatic rings. The first-order chi connectivity index (χ1) is 28.4. The Kier molecular flexibility index (Phi) is 11.1. The van der Waals surface area contributed by atoms with Crippen molar-refractivity contribution in [1.29, 1.82) is 0 Å². The van der Waals surface area contributed by atoms with Gasteiger partial charge >= 0.3 is 12.2 Å². The fourth-order valence-electron chi connectivity index (χ4n) is 9.59. The number of likely N-dealkylation sites (tertiary alicyclic amines) is 2. The van der Waals surface area contributed by atoms with Gasteiger partial charge in [-0.15, -0.1) is 0 Å². The zero-order valence-corrected chi connectivity index (χ0v) is 34.7. The van der Waals surface area contributed by atoms with E-state index in [1.807, 2.05) is 32.6 Å². The Morgan fingerprint density at radius 1 is 0.797 bits per heavy atom. The zero-order valence-electron chi connectivity index (χ0n) is 34.7. The normalized spacial score (nSPS) is 21.7. The van der Waals surface area contributed by atoms with E-state index < -0.39 is 24.3 Å². The second-order valence-electron chi connectivity index (χ2n) is 17.1. The number of ether oxygens (including phenoxy) is 2. The largest absolute Gasteiger partial charge is 0.453 e. The van der Waals surface area contributed by atoms with Gasteiger partial charge < -0.3 is 39.9 Å². The highest BCUT2D eigenvalue weighted by atomic mass is 16.5. The average molecular weight is 803 g/mol. The fraction of sp³-hybridized carbons (Fsp3) is 0.511. The molecule has 3 fully saturated rings. The van der Waals surface area contributed by atoms with Crippen LogP contribution in [-0.4, -0.2) is 93.1 Å². The van der Waals surface area contributed by atoms with Crippen molar-refractivity contribution in [2.45, 2.75) is 103 Å². The van der Waals surface area contributed by atoms with Gasteiger partial charge in [0.25, 0.3) is 0 Å². The third-order valence-corrected chi connectivity index (χ3v) is 12.8. The van der Waals surface area contributed by atoms with Crippen molar-refractivity contribution >= 4 is 35.0 Å². The Labute approximate surface area is 344 Å². The summed E-state index contributed by atoms with van der Waals surface area (Å²) in [5.41, 5.74) is 8.52. The van der Waals surface area contributed by atoms with Gasteiger partial charge in [0.05, 0.1) is 43.5 Å². The van der Waals surface area contributed by atoms with E-state index in [0.29, 0.717) is 36.4 Å². The summed E-state index contributed by atoms with van der Waals surface area (Å²) in [6.07, 6.45) is 7.14. The minimum atomic E-state index is -0.696. The number of carbonyl (C=O) groups excluding carboxylic acids is 4. The molecule has 2 saturated heterocycles. The number of amides is 4. The van der Waals surface area contributed by atoms with Crippen LogP contribution in [0, 0.1) is 29.6 Å². The van der Waals surface area contributed by atoms with E-state index in [2.05, 4.69) is 67.8 Å². The number of methoxy groups -OCH3 is 2. The number of hydrogen-bond acceptors (Lipinski definition) is 8. The average Bonchev–Trinajstić information content (AvgIpc) is 4.07. The van der Waals surface area contributed by atoms with Crippen molar-refractivity contribution in [3.05, 3.63) is 70.6 Å². The summed E-state index contributed by atoms with van der Waals surface area (Å²) in [7, 11) is 2.59. The number of aromatic nitrogens is 4. The lowest BCUT2D eigenvalue weighted by molar-refractivity contribution is -0.136. The molecule has 2 aliphatic carbocycles.